The van der Waals surface area contributed by atoms with Crippen molar-refractivity contribution < 1.29 is 23.9 Å². The highest BCUT2D eigenvalue weighted by Crippen LogP contribution is 2.38. The first-order valence-corrected chi connectivity index (χ1v) is 10.2. The Hall–Kier alpha value is -2.70. The molecule has 3 amide bonds. The Kier molecular flexibility index (Phi) is 6.05. The highest BCUT2D eigenvalue weighted by molar-refractivity contribution is 6.09. The molecule has 1 N–H and O–H groups in total. The molecule has 3 atom stereocenters. The van der Waals surface area contributed by atoms with Crippen molar-refractivity contribution in [3.05, 3.63) is 35.4 Å². The summed E-state index contributed by atoms with van der Waals surface area (Å²) < 4.78 is 5.22. The molecule has 1 saturated heterocycles. The smallest absolute Gasteiger partial charge is 0.326 e. The van der Waals surface area contributed by atoms with Gasteiger partial charge in [-0.3, -0.25) is 19.3 Å². The summed E-state index contributed by atoms with van der Waals surface area (Å²) in [7, 11) is 0. The fourth-order valence-electron chi connectivity index (χ4n) is 4.20. The number of carbonyl (C=O) groups excluding carboxylic acids is 4. The lowest BCUT2D eigenvalue weighted by molar-refractivity contribution is -0.150. The first-order valence-electron chi connectivity index (χ1n) is 10.2. The molecule has 1 aromatic rings. The molecular formula is C22H28N2O5. The van der Waals surface area contributed by atoms with E-state index in [2.05, 4.69) is 5.32 Å². The van der Waals surface area contributed by atoms with Gasteiger partial charge in [-0.05, 0) is 37.7 Å². The van der Waals surface area contributed by atoms with Crippen molar-refractivity contribution in [1.29, 1.82) is 0 Å². The number of carbonyl (C=O) groups is 4. The van der Waals surface area contributed by atoms with E-state index in [-0.39, 0.29) is 17.6 Å². The number of hydrogen-bond donors (Lipinski definition) is 1. The van der Waals surface area contributed by atoms with Crippen molar-refractivity contribution in [2.45, 2.75) is 64.5 Å². The Bertz CT molecular complexity index is 819. The van der Waals surface area contributed by atoms with Gasteiger partial charge >= 0.3 is 12.0 Å². The number of rotatable bonds is 6. The third kappa shape index (κ3) is 4.04. The summed E-state index contributed by atoms with van der Waals surface area (Å²) in [5.74, 6) is -1.46. The van der Waals surface area contributed by atoms with Crippen LogP contribution in [0.25, 0.3) is 0 Å². The predicted octanol–water partition coefficient (Wildman–Crippen LogP) is 2.86. The van der Waals surface area contributed by atoms with Crippen molar-refractivity contribution in [3.63, 3.8) is 0 Å². The van der Waals surface area contributed by atoms with Gasteiger partial charge in [0.1, 0.15) is 12.1 Å². The maximum Gasteiger partial charge on any atom is 0.326 e. The van der Waals surface area contributed by atoms with Gasteiger partial charge in [-0.15, -0.1) is 0 Å². The number of benzene rings is 1. The zero-order chi connectivity index (χ0) is 21.2. The molecule has 156 valence electrons. The SMILES string of the molecule is CCc1ccc(C(=O)[C@H](C)OC(=O)CN2C(=O)N[C@@]3(CCCC[C@@H]3C)C2=O)cc1. The molecule has 0 aromatic heterocycles. The third-order valence-corrected chi connectivity index (χ3v) is 6.11. The fourth-order valence-corrected chi connectivity index (χ4v) is 4.20. The number of Topliss-reactive ketones (excluding diaryl/α,β-unsaturated/α-hetero) is 1. The summed E-state index contributed by atoms with van der Waals surface area (Å²) in [5.41, 5.74) is 0.640. The molecule has 1 aromatic carbocycles. The van der Waals surface area contributed by atoms with E-state index in [1.807, 2.05) is 26.0 Å². The van der Waals surface area contributed by atoms with Crippen LogP contribution >= 0.6 is 0 Å². The molecule has 2 aliphatic rings. The van der Waals surface area contributed by atoms with Crippen LogP contribution in [0.4, 0.5) is 4.79 Å². The topological polar surface area (TPSA) is 92.8 Å². The van der Waals surface area contributed by atoms with Gasteiger partial charge in [-0.2, -0.15) is 0 Å². The standard InChI is InChI=1S/C22H28N2O5/c1-4-16-8-10-17(11-9-16)19(26)15(3)29-18(25)13-24-20(27)22(23-21(24)28)12-6-5-7-14(22)2/h8-11,14-15H,4-7,12-13H2,1-3H3,(H,23,28)/t14-,15-,22+/m0/s1. The minimum Gasteiger partial charge on any atom is -0.453 e. The molecule has 3 rings (SSSR count). The van der Waals surface area contributed by atoms with Crippen LogP contribution in [0.15, 0.2) is 24.3 Å². The number of ether oxygens (including phenoxy) is 1. The number of aryl methyl sites for hydroxylation is 1. The number of nitrogens with zero attached hydrogens (tertiary/aromatic N) is 1. The van der Waals surface area contributed by atoms with Crippen LogP contribution in [0, 0.1) is 5.92 Å². The van der Waals surface area contributed by atoms with E-state index in [0.29, 0.717) is 12.0 Å². The Morgan fingerprint density at radius 1 is 1.24 bits per heavy atom. The number of imide groups is 1. The molecule has 1 spiro atoms. The summed E-state index contributed by atoms with van der Waals surface area (Å²) in [6.07, 6.45) is 3.17. The second-order valence-corrected chi connectivity index (χ2v) is 7.99. The Morgan fingerprint density at radius 3 is 2.55 bits per heavy atom. The number of nitrogens with one attached hydrogen (secondary N) is 1. The largest absolute Gasteiger partial charge is 0.453 e. The maximum atomic E-state index is 12.9. The average Bonchev–Trinajstić information content (AvgIpc) is 2.94. The van der Waals surface area contributed by atoms with Crippen LogP contribution in [-0.4, -0.2) is 46.8 Å². The normalized spacial score (nSPS) is 25.1. The van der Waals surface area contributed by atoms with Crippen molar-refractivity contribution in [2.75, 3.05) is 6.54 Å². The van der Waals surface area contributed by atoms with Crippen molar-refractivity contribution in [1.82, 2.24) is 10.2 Å². The molecule has 0 radical (unpaired) electrons. The van der Waals surface area contributed by atoms with Gasteiger partial charge in [0, 0.05) is 5.56 Å². The van der Waals surface area contributed by atoms with Crippen LogP contribution in [0.5, 0.6) is 0 Å². The number of ketones is 1. The van der Waals surface area contributed by atoms with E-state index in [9.17, 15) is 19.2 Å². The van der Waals surface area contributed by atoms with Crippen molar-refractivity contribution in [3.8, 4) is 0 Å². The second-order valence-electron chi connectivity index (χ2n) is 7.99. The molecule has 7 nitrogen and oxygen atoms in total. The van der Waals surface area contributed by atoms with Gasteiger partial charge in [0.05, 0.1) is 0 Å². The van der Waals surface area contributed by atoms with E-state index in [1.54, 1.807) is 12.1 Å². The van der Waals surface area contributed by atoms with E-state index < -0.39 is 30.2 Å². The molecular weight excluding hydrogens is 372 g/mol. The lowest BCUT2D eigenvalue weighted by atomic mass is 9.73. The predicted molar refractivity (Wildman–Crippen MR) is 106 cm³/mol. The quantitative estimate of drug-likeness (QED) is 0.450. The second kappa shape index (κ2) is 8.35. The third-order valence-electron chi connectivity index (χ3n) is 6.11. The van der Waals surface area contributed by atoms with E-state index in [0.717, 1.165) is 36.1 Å². The Labute approximate surface area is 170 Å². The van der Waals surface area contributed by atoms with Gasteiger partial charge in [0.25, 0.3) is 5.91 Å². The van der Waals surface area contributed by atoms with Gasteiger partial charge in [0.2, 0.25) is 5.78 Å². The highest BCUT2D eigenvalue weighted by atomic mass is 16.5. The zero-order valence-electron chi connectivity index (χ0n) is 17.2. The molecule has 1 saturated carbocycles. The summed E-state index contributed by atoms with van der Waals surface area (Å²) in [4.78, 5) is 51.0. The minimum absolute atomic E-state index is 0.0142. The van der Waals surface area contributed by atoms with Crippen LogP contribution in [0.1, 0.15) is 62.4 Å². The van der Waals surface area contributed by atoms with Gasteiger partial charge < -0.3 is 10.1 Å². The highest BCUT2D eigenvalue weighted by Gasteiger charge is 2.55. The van der Waals surface area contributed by atoms with Crippen molar-refractivity contribution in [2.24, 2.45) is 5.92 Å². The minimum atomic E-state index is -1.00. The van der Waals surface area contributed by atoms with Crippen LogP contribution in [-0.2, 0) is 20.7 Å². The molecule has 7 heteroatoms. The molecule has 0 unspecified atom stereocenters. The van der Waals surface area contributed by atoms with Crippen LogP contribution in [0.3, 0.4) is 0 Å². The van der Waals surface area contributed by atoms with Gasteiger partial charge in [-0.25, -0.2) is 4.79 Å². The van der Waals surface area contributed by atoms with Crippen LogP contribution < -0.4 is 5.32 Å². The first kappa shape index (κ1) is 21.0. The van der Waals surface area contributed by atoms with E-state index >= 15 is 0 Å². The zero-order valence-corrected chi connectivity index (χ0v) is 17.2. The first-order chi connectivity index (χ1) is 13.8. The van der Waals surface area contributed by atoms with Crippen LogP contribution in [0.2, 0.25) is 0 Å². The number of urea groups is 1. The monoisotopic (exact) mass is 400 g/mol. The molecule has 1 aliphatic heterocycles. The number of amides is 3. The Balaban J connectivity index is 1.61. The summed E-state index contributed by atoms with van der Waals surface area (Å²) in [5, 5.41) is 2.80. The summed E-state index contributed by atoms with van der Waals surface area (Å²) in [6.45, 7) is 4.97. The lowest BCUT2D eigenvalue weighted by Gasteiger charge is -2.36. The molecule has 2 fully saturated rings. The van der Waals surface area contributed by atoms with E-state index in [4.69, 9.17) is 4.74 Å². The Morgan fingerprint density at radius 2 is 1.93 bits per heavy atom. The fraction of sp³-hybridized carbons (Fsp3) is 0.545. The maximum absolute atomic E-state index is 12.9. The van der Waals surface area contributed by atoms with Crippen molar-refractivity contribution >= 4 is 23.7 Å². The molecule has 1 aliphatic carbocycles. The summed E-state index contributed by atoms with van der Waals surface area (Å²) >= 11 is 0. The lowest BCUT2D eigenvalue weighted by Crippen LogP contribution is -2.54. The summed E-state index contributed by atoms with van der Waals surface area (Å²) in [6, 6.07) is 6.56. The number of esters is 1. The number of hydrogen-bond acceptors (Lipinski definition) is 5. The van der Waals surface area contributed by atoms with Gasteiger partial charge in [-0.1, -0.05) is 51.0 Å². The average molecular weight is 400 g/mol. The van der Waals surface area contributed by atoms with Gasteiger partial charge in [0.15, 0.2) is 6.10 Å². The molecule has 29 heavy (non-hydrogen) atoms. The molecule has 1 heterocycles. The molecule has 0 bridgehead atoms. The van der Waals surface area contributed by atoms with E-state index in [1.165, 1.54) is 6.92 Å².